The number of amides is 1. The average molecular weight is 304 g/mol. The van der Waals surface area contributed by atoms with Gasteiger partial charge in [-0.3, -0.25) is 4.79 Å². The van der Waals surface area contributed by atoms with E-state index in [1.165, 1.54) is 11.3 Å². The van der Waals surface area contributed by atoms with Crippen molar-refractivity contribution in [3.05, 3.63) is 22.2 Å². The highest BCUT2D eigenvalue weighted by molar-refractivity contribution is 7.21. The predicted molar refractivity (Wildman–Crippen MR) is 86.9 cm³/mol. The van der Waals surface area contributed by atoms with Crippen LogP contribution in [-0.4, -0.2) is 42.0 Å². The third kappa shape index (κ3) is 2.61. The van der Waals surface area contributed by atoms with Crippen molar-refractivity contribution in [1.82, 2.24) is 15.2 Å². The second-order valence-corrected chi connectivity index (χ2v) is 6.83. The summed E-state index contributed by atoms with van der Waals surface area (Å²) < 4.78 is 0. The van der Waals surface area contributed by atoms with Gasteiger partial charge in [0, 0.05) is 23.7 Å². The number of likely N-dealkylation sites (tertiary alicyclic amines) is 1. The Hall–Kier alpha value is -1.66. The summed E-state index contributed by atoms with van der Waals surface area (Å²) in [5.41, 5.74) is 8.78. The first-order chi connectivity index (χ1) is 9.95. The lowest BCUT2D eigenvalue weighted by atomic mass is 10.1. The van der Waals surface area contributed by atoms with E-state index in [1.807, 2.05) is 19.9 Å². The fraction of sp³-hybridized carbons (Fsp3) is 0.467. The van der Waals surface area contributed by atoms with Crippen LogP contribution in [0.4, 0.5) is 5.69 Å². The molecule has 3 rings (SSSR count). The molecule has 0 aliphatic carbocycles. The van der Waals surface area contributed by atoms with Crippen molar-refractivity contribution in [3.63, 3.8) is 0 Å². The van der Waals surface area contributed by atoms with Crippen LogP contribution in [0, 0.1) is 13.8 Å². The first-order valence-corrected chi connectivity index (χ1v) is 7.93. The number of aryl methyl sites for hydroxylation is 2. The van der Waals surface area contributed by atoms with E-state index in [0.717, 1.165) is 41.0 Å². The number of nitrogens with one attached hydrogen (secondary N) is 1. The molecule has 5 nitrogen and oxygen atoms in total. The molecule has 0 aromatic carbocycles. The molecule has 1 atom stereocenters. The molecule has 1 unspecified atom stereocenters. The number of hydrogen-bond donors (Lipinski definition) is 2. The van der Waals surface area contributed by atoms with Crippen molar-refractivity contribution < 1.29 is 4.79 Å². The number of nitrogens with two attached hydrogens (primary N) is 1. The van der Waals surface area contributed by atoms with Gasteiger partial charge in [0.25, 0.3) is 5.91 Å². The first-order valence-electron chi connectivity index (χ1n) is 7.11. The lowest BCUT2D eigenvalue weighted by Crippen LogP contribution is -2.36. The molecule has 1 aliphatic rings. The van der Waals surface area contributed by atoms with Gasteiger partial charge >= 0.3 is 0 Å². The number of likely N-dealkylation sites (N-methyl/N-ethyl adjacent to an activating group) is 1. The lowest BCUT2D eigenvalue weighted by Gasteiger charge is -2.12. The van der Waals surface area contributed by atoms with Crippen LogP contribution in [0.25, 0.3) is 10.2 Å². The molecule has 2 aromatic rings. The predicted octanol–water partition coefficient (Wildman–Crippen LogP) is 1.93. The minimum absolute atomic E-state index is 0.0761. The van der Waals surface area contributed by atoms with Crippen molar-refractivity contribution in [2.45, 2.75) is 26.3 Å². The Bertz CT molecular complexity index is 709. The number of hydrogen-bond acceptors (Lipinski definition) is 5. The van der Waals surface area contributed by atoms with E-state index in [0.29, 0.717) is 10.6 Å². The smallest absolute Gasteiger partial charge is 0.263 e. The minimum Gasteiger partial charge on any atom is -0.397 e. The standard InChI is InChI=1S/C15H20N4OS/c1-8-6-9(2)17-15-11(8)12(16)13(21-15)14(20)18-10-4-5-19(3)7-10/h6,10H,4-5,7,16H2,1-3H3,(H,18,20). The molecule has 1 aliphatic heterocycles. The van der Waals surface area contributed by atoms with Gasteiger partial charge in [0.05, 0.1) is 5.69 Å². The summed E-state index contributed by atoms with van der Waals surface area (Å²) in [5.74, 6) is -0.0761. The average Bonchev–Trinajstić information content (AvgIpc) is 2.93. The summed E-state index contributed by atoms with van der Waals surface area (Å²) in [7, 11) is 2.07. The Morgan fingerprint density at radius 3 is 2.95 bits per heavy atom. The Morgan fingerprint density at radius 1 is 1.52 bits per heavy atom. The Morgan fingerprint density at radius 2 is 2.29 bits per heavy atom. The van der Waals surface area contributed by atoms with Crippen molar-refractivity contribution in [2.75, 3.05) is 25.9 Å². The largest absolute Gasteiger partial charge is 0.397 e. The first kappa shape index (κ1) is 14.3. The fourth-order valence-corrected chi connectivity index (χ4v) is 4.06. The third-order valence-corrected chi connectivity index (χ3v) is 5.06. The van der Waals surface area contributed by atoms with Gasteiger partial charge in [-0.2, -0.15) is 0 Å². The highest BCUT2D eigenvalue weighted by Crippen LogP contribution is 2.35. The second-order valence-electron chi connectivity index (χ2n) is 5.83. The van der Waals surface area contributed by atoms with Gasteiger partial charge in [-0.25, -0.2) is 4.98 Å². The van der Waals surface area contributed by atoms with Gasteiger partial charge in [0.15, 0.2) is 0 Å². The van der Waals surface area contributed by atoms with Gasteiger partial charge < -0.3 is 16.0 Å². The fourth-order valence-electron chi connectivity index (χ4n) is 2.94. The Labute approximate surface area is 128 Å². The van der Waals surface area contributed by atoms with Crippen LogP contribution < -0.4 is 11.1 Å². The summed E-state index contributed by atoms with van der Waals surface area (Å²) >= 11 is 1.38. The van der Waals surface area contributed by atoms with Crippen LogP contribution in [0.1, 0.15) is 27.3 Å². The van der Waals surface area contributed by atoms with Crippen LogP contribution in [0.5, 0.6) is 0 Å². The van der Waals surface area contributed by atoms with Crippen LogP contribution in [0.2, 0.25) is 0 Å². The van der Waals surface area contributed by atoms with Gasteiger partial charge in [0.1, 0.15) is 9.71 Å². The van der Waals surface area contributed by atoms with Gasteiger partial charge in [-0.15, -0.1) is 11.3 Å². The maximum absolute atomic E-state index is 12.5. The molecule has 112 valence electrons. The van der Waals surface area contributed by atoms with Crippen LogP contribution in [0.3, 0.4) is 0 Å². The normalized spacial score (nSPS) is 19.3. The molecule has 0 radical (unpaired) electrons. The number of aromatic nitrogens is 1. The molecule has 0 saturated carbocycles. The van der Waals surface area contributed by atoms with E-state index in [1.54, 1.807) is 0 Å². The molecule has 1 amide bonds. The van der Waals surface area contributed by atoms with Crippen LogP contribution in [0.15, 0.2) is 6.07 Å². The van der Waals surface area contributed by atoms with Crippen molar-refractivity contribution in [3.8, 4) is 0 Å². The van der Waals surface area contributed by atoms with E-state index >= 15 is 0 Å². The SMILES string of the molecule is Cc1cc(C)c2c(N)c(C(=O)NC3CCN(C)C3)sc2n1. The number of fused-ring (bicyclic) bond motifs is 1. The minimum atomic E-state index is -0.0761. The molecule has 21 heavy (non-hydrogen) atoms. The van der Waals surface area contributed by atoms with E-state index in [9.17, 15) is 4.79 Å². The van der Waals surface area contributed by atoms with Gasteiger partial charge in [0.2, 0.25) is 0 Å². The molecule has 0 bridgehead atoms. The van der Waals surface area contributed by atoms with Crippen molar-refractivity contribution >= 4 is 33.1 Å². The van der Waals surface area contributed by atoms with E-state index in [4.69, 9.17) is 5.73 Å². The lowest BCUT2D eigenvalue weighted by molar-refractivity contribution is 0.0943. The van der Waals surface area contributed by atoms with Crippen molar-refractivity contribution in [1.29, 1.82) is 0 Å². The zero-order valence-corrected chi connectivity index (χ0v) is 13.4. The number of thiophene rings is 1. The number of carbonyl (C=O) groups excluding carboxylic acids is 1. The molecule has 3 heterocycles. The molecular formula is C15H20N4OS. The summed E-state index contributed by atoms with van der Waals surface area (Å²) in [5, 5.41) is 4.00. The second kappa shape index (κ2) is 5.27. The highest BCUT2D eigenvalue weighted by atomic mass is 32.1. The van der Waals surface area contributed by atoms with Crippen molar-refractivity contribution in [2.24, 2.45) is 0 Å². The van der Waals surface area contributed by atoms with Crippen LogP contribution in [-0.2, 0) is 0 Å². The number of rotatable bonds is 2. The number of anilines is 1. The summed E-state index contributed by atoms with van der Waals surface area (Å²) in [6.07, 6.45) is 0.990. The number of pyridine rings is 1. The maximum Gasteiger partial charge on any atom is 0.263 e. The molecule has 1 fully saturated rings. The molecule has 1 saturated heterocycles. The number of nitrogen functional groups attached to an aromatic ring is 1. The molecule has 2 aromatic heterocycles. The highest BCUT2D eigenvalue weighted by Gasteiger charge is 2.24. The Kier molecular flexibility index (Phi) is 3.59. The Balaban J connectivity index is 1.91. The zero-order valence-electron chi connectivity index (χ0n) is 12.6. The molecular weight excluding hydrogens is 284 g/mol. The zero-order chi connectivity index (χ0) is 15.1. The van der Waals surface area contributed by atoms with E-state index < -0.39 is 0 Å². The third-order valence-electron chi connectivity index (χ3n) is 3.96. The molecule has 0 spiro atoms. The molecule has 6 heteroatoms. The number of carbonyl (C=O) groups is 1. The van der Waals surface area contributed by atoms with Crippen LogP contribution >= 0.6 is 11.3 Å². The summed E-state index contributed by atoms with van der Waals surface area (Å²) in [4.78, 5) is 20.6. The summed E-state index contributed by atoms with van der Waals surface area (Å²) in [6, 6.07) is 2.21. The quantitative estimate of drug-likeness (QED) is 0.889. The molecule has 3 N–H and O–H groups in total. The van der Waals surface area contributed by atoms with E-state index in [-0.39, 0.29) is 11.9 Å². The number of nitrogens with zero attached hydrogens (tertiary/aromatic N) is 2. The maximum atomic E-state index is 12.5. The van der Waals surface area contributed by atoms with Gasteiger partial charge in [-0.05, 0) is 45.5 Å². The monoisotopic (exact) mass is 304 g/mol. The van der Waals surface area contributed by atoms with Gasteiger partial charge in [-0.1, -0.05) is 0 Å². The topological polar surface area (TPSA) is 71.2 Å². The summed E-state index contributed by atoms with van der Waals surface area (Å²) in [6.45, 7) is 5.88. The van der Waals surface area contributed by atoms with E-state index in [2.05, 4.69) is 22.2 Å².